The van der Waals surface area contributed by atoms with Crippen molar-refractivity contribution in [3.8, 4) is 17.0 Å². The van der Waals surface area contributed by atoms with E-state index >= 15 is 0 Å². The fraction of sp³-hybridized carbons (Fsp3) is 0.368. The summed E-state index contributed by atoms with van der Waals surface area (Å²) in [5.41, 5.74) is 1.56. The van der Waals surface area contributed by atoms with Gasteiger partial charge in [0.05, 0.1) is 17.3 Å². The minimum Gasteiger partial charge on any atom is -0.490 e. The molecule has 2 aromatic rings. The Labute approximate surface area is 160 Å². The Kier molecular flexibility index (Phi) is 5.43. The van der Waals surface area contributed by atoms with Gasteiger partial charge in [-0.05, 0) is 24.1 Å². The fourth-order valence-electron chi connectivity index (χ4n) is 3.68. The SMILES string of the molecule is CCC1C(C)c2cc(OCCO)c(Cl)cc2-c2cc(=O)c(C(=O)N=O)cn21. The highest BCUT2D eigenvalue weighted by atomic mass is 35.5. The summed E-state index contributed by atoms with van der Waals surface area (Å²) in [5.74, 6) is -0.561. The van der Waals surface area contributed by atoms with Crippen molar-refractivity contribution in [1.82, 2.24) is 4.57 Å². The van der Waals surface area contributed by atoms with E-state index in [4.69, 9.17) is 21.4 Å². The van der Waals surface area contributed by atoms with Gasteiger partial charge in [0.15, 0.2) is 5.43 Å². The summed E-state index contributed by atoms with van der Waals surface area (Å²) in [5, 5.41) is 11.7. The zero-order chi connectivity index (χ0) is 19.7. The number of nitrogens with zero attached hydrogens (tertiary/aromatic N) is 2. The van der Waals surface area contributed by atoms with Crippen LogP contribution < -0.4 is 10.2 Å². The van der Waals surface area contributed by atoms with E-state index in [9.17, 15) is 14.5 Å². The Balaban J connectivity index is 2.24. The van der Waals surface area contributed by atoms with Gasteiger partial charge in [0.25, 0.3) is 0 Å². The van der Waals surface area contributed by atoms with E-state index < -0.39 is 11.3 Å². The molecule has 3 rings (SSSR count). The lowest BCUT2D eigenvalue weighted by molar-refractivity contribution is 0.0998. The first-order valence-corrected chi connectivity index (χ1v) is 9.02. The molecule has 2 heterocycles. The molecule has 0 spiro atoms. The molecule has 2 unspecified atom stereocenters. The summed E-state index contributed by atoms with van der Waals surface area (Å²) >= 11 is 6.32. The third kappa shape index (κ3) is 3.28. The number of nitroso groups, excluding NO2 is 1. The van der Waals surface area contributed by atoms with E-state index in [1.54, 1.807) is 6.07 Å². The normalized spacial score (nSPS) is 17.8. The summed E-state index contributed by atoms with van der Waals surface area (Å²) in [6.07, 6.45) is 2.16. The van der Waals surface area contributed by atoms with Crippen molar-refractivity contribution >= 4 is 17.5 Å². The largest absolute Gasteiger partial charge is 0.490 e. The lowest BCUT2D eigenvalue weighted by Crippen LogP contribution is -2.27. The zero-order valence-electron chi connectivity index (χ0n) is 14.9. The van der Waals surface area contributed by atoms with Crippen molar-refractivity contribution in [3.05, 3.63) is 55.7 Å². The molecule has 0 aliphatic carbocycles. The molecule has 1 aromatic carbocycles. The monoisotopic (exact) mass is 390 g/mol. The maximum atomic E-state index is 12.4. The van der Waals surface area contributed by atoms with Crippen LogP contribution in [0.2, 0.25) is 5.02 Å². The van der Waals surface area contributed by atoms with E-state index in [0.29, 0.717) is 16.5 Å². The van der Waals surface area contributed by atoms with Crippen molar-refractivity contribution < 1.29 is 14.6 Å². The summed E-state index contributed by atoms with van der Waals surface area (Å²) in [7, 11) is 0. The summed E-state index contributed by atoms with van der Waals surface area (Å²) < 4.78 is 7.35. The Morgan fingerprint density at radius 2 is 2.11 bits per heavy atom. The number of hydrogen-bond acceptors (Lipinski definition) is 5. The second-order valence-electron chi connectivity index (χ2n) is 6.45. The number of hydrogen-bond donors (Lipinski definition) is 1. The fourth-order valence-corrected chi connectivity index (χ4v) is 3.90. The van der Waals surface area contributed by atoms with Gasteiger partial charge in [-0.1, -0.05) is 25.4 Å². The molecule has 142 valence electrons. The van der Waals surface area contributed by atoms with Gasteiger partial charge in [0, 0.05) is 35.0 Å². The lowest BCUT2D eigenvalue weighted by atomic mass is 9.82. The predicted molar refractivity (Wildman–Crippen MR) is 102 cm³/mol. The first-order chi connectivity index (χ1) is 12.9. The van der Waals surface area contributed by atoms with Crippen LogP contribution in [-0.4, -0.2) is 28.8 Å². The van der Waals surface area contributed by atoms with Crippen LogP contribution in [0.3, 0.4) is 0 Å². The average molecular weight is 391 g/mol. The number of aromatic nitrogens is 1. The van der Waals surface area contributed by atoms with E-state index in [1.807, 2.05) is 24.5 Å². The number of aliphatic hydroxyl groups is 1. The van der Waals surface area contributed by atoms with Gasteiger partial charge in [-0.25, -0.2) is 0 Å². The van der Waals surface area contributed by atoms with Crippen molar-refractivity contribution in [2.45, 2.75) is 32.2 Å². The minimum atomic E-state index is -1.07. The molecular formula is C19H19ClN2O5. The zero-order valence-corrected chi connectivity index (χ0v) is 15.7. The number of carbonyl (C=O) groups excluding carboxylic acids is 1. The highest BCUT2D eigenvalue weighted by Gasteiger charge is 2.31. The predicted octanol–water partition coefficient (Wildman–Crippen LogP) is 3.51. The molecule has 8 heteroatoms. The number of aliphatic hydroxyl groups excluding tert-OH is 1. The van der Waals surface area contributed by atoms with Crippen LogP contribution in [0.4, 0.5) is 0 Å². The molecule has 1 aromatic heterocycles. The number of pyridine rings is 1. The van der Waals surface area contributed by atoms with Gasteiger partial charge >= 0.3 is 5.91 Å². The quantitative estimate of drug-likeness (QED) is 0.787. The number of amides is 1. The summed E-state index contributed by atoms with van der Waals surface area (Å²) in [4.78, 5) is 34.7. The van der Waals surface area contributed by atoms with Gasteiger partial charge in [-0.2, -0.15) is 0 Å². The number of carbonyl (C=O) groups is 1. The number of fused-ring (bicyclic) bond motifs is 3. The van der Waals surface area contributed by atoms with Crippen molar-refractivity contribution in [1.29, 1.82) is 0 Å². The molecular weight excluding hydrogens is 372 g/mol. The Morgan fingerprint density at radius 1 is 1.37 bits per heavy atom. The number of halogens is 1. The Bertz CT molecular complexity index is 969. The van der Waals surface area contributed by atoms with E-state index in [0.717, 1.165) is 17.5 Å². The van der Waals surface area contributed by atoms with Gasteiger partial charge in [0.1, 0.15) is 17.9 Å². The maximum absolute atomic E-state index is 12.4. The van der Waals surface area contributed by atoms with Gasteiger partial charge in [-0.15, -0.1) is 4.91 Å². The third-order valence-corrected chi connectivity index (χ3v) is 5.26. The minimum absolute atomic E-state index is 0.0295. The van der Waals surface area contributed by atoms with Crippen LogP contribution in [0.5, 0.6) is 5.75 Å². The molecule has 7 nitrogen and oxygen atoms in total. The van der Waals surface area contributed by atoms with Crippen molar-refractivity contribution in [2.24, 2.45) is 5.18 Å². The molecule has 1 aliphatic rings. The van der Waals surface area contributed by atoms with E-state index in [2.05, 4.69) is 5.18 Å². The van der Waals surface area contributed by atoms with Gasteiger partial charge in [0.2, 0.25) is 0 Å². The molecule has 0 saturated heterocycles. The van der Waals surface area contributed by atoms with Crippen LogP contribution in [0.15, 0.2) is 34.4 Å². The van der Waals surface area contributed by atoms with E-state index in [-0.39, 0.29) is 30.7 Å². The Hall–Kier alpha value is -2.51. The molecule has 27 heavy (non-hydrogen) atoms. The third-order valence-electron chi connectivity index (χ3n) is 4.97. The van der Waals surface area contributed by atoms with Crippen LogP contribution >= 0.6 is 11.6 Å². The number of ether oxygens (including phenoxy) is 1. The smallest absolute Gasteiger partial charge is 0.322 e. The molecule has 0 radical (unpaired) electrons. The van der Waals surface area contributed by atoms with Crippen LogP contribution in [0, 0.1) is 4.91 Å². The lowest BCUT2D eigenvalue weighted by Gasteiger charge is -2.35. The second-order valence-corrected chi connectivity index (χ2v) is 6.85. The first-order valence-electron chi connectivity index (χ1n) is 8.64. The first kappa shape index (κ1) is 19.3. The Morgan fingerprint density at radius 3 is 2.74 bits per heavy atom. The number of rotatable bonds is 5. The molecule has 1 aliphatic heterocycles. The standard InChI is InChI=1S/C19H19ClN2O5/c1-3-15-10(2)11-7-18(27-5-4-23)14(20)6-12(11)16-8-17(24)13(9-22(15)16)19(25)21-26/h6-10,15,23H,3-5H2,1-2H3. The molecule has 1 amide bonds. The topological polar surface area (TPSA) is 98.0 Å². The number of benzene rings is 1. The van der Waals surface area contributed by atoms with Crippen LogP contribution in [0.25, 0.3) is 11.3 Å². The van der Waals surface area contributed by atoms with Crippen LogP contribution in [0.1, 0.15) is 48.1 Å². The highest BCUT2D eigenvalue weighted by molar-refractivity contribution is 6.32. The summed E-state index contributed by atoms with van der Waals surface area (Å²) in [6.45, 7) is 4.05. The van der Waals surface area contributed by atoms with Gasteiger partial charge in [-0.3, -0.25) is 9.59 Å². The molecule has 0 bridgehead atoms. The average Bonchev–Trinajstić information content (AvgIpc) is 2.66. The molecule has 0 fully saturated rings. The molecule has 0 saturated carbocycles. The van der Waals surface area contributed by atoms with Crippen LogP contribution in [-0.2, 0) is 0 Å². The highest BCUT2D eigenvalue weighted by Crippen LogP contribution is 2.46. The van der Waals surface area contributed by atoms with Crippen molar-refractivity contribution in [3.63, 3.8) is 0 Å². The second kappa shape index (κ2) is 7.62. The maximum Gasteiger partial charge on any atom is 0.322 e. The van der Waals surface area contributed by atoms with Gasteiger partial charge < -0.3 is 14.4 Å². The van der Waals surface area contributed by atoms with E-state index in [1.165, 1.54) is 12.3 Å². The molecule has 1 N–H and O–H groups in total. The van der Waals surface area contributed by atoms with Crippen molar-refractivity contribution in [2.75, 3.05) is 13.2 Å². The molecule has 2 atom stereocenters. The summed E-state index contributed by atoms with van der Waals surface area (Å²) in [6, 6.07) is 4.87.